The minimum absolute atomic E-state index is 0.00575. The van der Waals surface area contributed by atoms with Crippen molar-refractivity contribution >= 4 is 25.3 Å². The second kappa shape index (κ2) is 14.6. The molecule has 1 aromatic carbocycles. The summed E-state index contributed by atoms with van der Waals surface area (Å²) < 4.78 is 22.1. The zero-order valence-electron chi connectivity index (χ0n) is 20.6. The molecule has 0 aliphatic rings. The van der Waals surface area contributed by atoms with Gasteiger partial charge in [-0.15, -0.1) is 0 Å². The van der Waals surface area contributed by atoms with E-state index in [0.29, 0.717) is 29.7 Å². The predicted molar refractivity (Wildman–Crippen MR) is 132 cm³/mol. The second-order valence-electron chi connectivity index (χ2n) is 8.58. The van der Waals surface area contributed by atoms with Crippen molar-refractivity contribution in [2.45, 2.75) is 86.5 Å². The lowest BCUT2D eigenvalue weighted by molar-refractivity contribution is -0.0892. The van der Waals surface area contributed by atoms with E-state index in [2.05, 4.69) is 64.7 Å². The number of carbonyl (C=O) groups excluding carboxylic acids is 1. The highest BCUT2D eigenvalue weighted by atomic mass is 32.2. The third kappa shape index (κ3) is 9.87. The molecule has 6 nitrogen and oxygen atoms in total. The highest BCUT2D eigenvalue weighted by molar-refractivity contribution is 8.14. The van der Waals surface area contributed by atoms with E-state index < -0.39 is 8.45 Å². The topological polar surface area (TPSA) is 51.2 Å². The summed E-state index contributed by atoms with van der Waals surface area (Å²) in [5.41, 5.74) is 1.81. The Bertz CT molecular complexity index is 605. The third-order valence-electron chi connectivity index (χ3n) is 4.49. The summed E-state index contributed by atoms with van der Waals surface area (Å²) in [5, 5.41) is -0.00575. The van der Waals surface area contributed by atoms with Gasteiger partial charge in [0.25, 0.3) is 0 Å². The van der Waals surface area contributed by atoms with Gasteiger partial charge in [0, 0.05) is 29.7 Å². The molecule has 0 spiro atoms. The second-order valence-corrected chi connectivity index (χ2v) is 11.2. The van der Waals surface area contributed by atoms with Crippen LogP contribution in [0.4, 0.5) is 0 Å². The largest absolute Gasteiger partial charge is 0.344 e. The standard InChI is InChI=1S/C23H41N2O4PS/c1-17(2)24(18(3)4)30(25(19(5)6)20(7)8)29-15-27-14-28-16-31-23(26)22-12-10-21(9)11-13-22/h10-13,17-20H,14-16H2,1-9H3. The summed E-state index contributed by atoms with van der Waals surface area (Å²) in [7, 11) is -0.986. The first kappa shape index (κ1) is 28.5. The first-order valence-corrected chi connectivity index (χ1v) is 13.1. The van der Waals surface area contributed by atoms with Crippen LogP contribution in [0.5, 0.6) is 0 Å². The van der Waals surface area contributed by atoms with Gasteiger partial charge in [0.2, 0.25) is 5.12 Å². The first-order valence-electron chi connectivity index (χ1n) is 10.9. The van der Waals surface area contributed by atoms with Gasteiger partial charge in [-0.25, -0.2) is 9.34 Å². The number of nitrogens with zero attached hydrogens (tertiary/aromatic N) is 2. The maximum Gasteiger partial charge on any atom is 0.221 e. The molecule has 0 radical (unpaired) electrons. The van der Waals surface area contributed by atoms with Crippen molar-refractivity contribution in [1.29, 1.82) is 0 Å². The minimum atomic E-state index is -0.986. The van der Waals surface area contributed by atoms with Gasteiger partial charge in [0.1, 0.15) is 5.94 Å². The number of benzene rings is 1. The van der Waals surface area contributed by atoms with E-state index in [1.807, 2.05) is 31.2 Å². The predicted octanol–water partition coefficient (Wildman–Crippen LogP) is 6.26. The van der Waals surface area contributed by atoms with Gasteiger partial charge in [0.05, 0.1) is 0 Å². The van der Waals surface area contributed by atoms with Crippen LogP contribution >= 0.6 is 20.2 Å². The molecular formula is C23H41N2O4PS. The fourth-order valence-corrected chi connectivity index (χ4v) is 6.13. The Labute approximate surface area is 194 Å². The van der Waals surface area contributed by atoms with Gasteiger partial charge in [-0.3, -0.25) is 4.79 Å². The van der Waals surface area contributed by atoms with Crippen LogP contribution in [0.15, 0.2) is 24.3 Å². The van der Waals surface area contributed by atoms with Crippen LogP contribution in [0, 0.1) is 6.92 Å². The Morgan fingerprint density at radius 2 is 1.32 bits per heavy atom. The Hall–Kier alpha value is -0.530. The number of carbonyl (C=O) groups is 1. The van der Waals surface area contributed by atoms with Gasteiger partial charge in [0.15, 0.2) is 22.0 Å². The van der Waals surface area contributed by atoms with Gasteiger partial charge < -0.3 is 14.0 Å². The van der Waals surface area contributed by atoms with Crippen molar-refractivity contribution < 1.29 is 18.8 Å². The molecule has 1 rings (SSSR count). The normalized spacial score (nSPS) is 12.5. The Balaban J connectivity index is 2.50. The number of aryl methyl sites for hydroxylation is 1. The molecule has 0 fully saturated rings. The average Bonchev–Trinajstić information content (AvgIpc) is 2.66. The molecule has 0 amide bonds. The average molecular weight is 473 g/mol. The molecule has 0 N–H and O–H groups in total. The fourth-order valence-electron chi connectivity index (χ4n) is 3.31. The molecule has 0 aromatic heterocycles. The van der Waals surface area contributed by atoms with E-state index in [4.69, 9.17) is 14.0 Å². The highest BCUT2D eigenvalue weighted by Gasteiger charge is 2.34. The lowest BCUT2D eigenvalue weighted by Gasteiger charge is -2.45. The van der Waals surface area contributed by atoms with Crippen molar-refractivity contribution in [3.63, 3.8) is 0 Å². The lowest BCUT2D eigenvalue weighted by atomic mass is 10.2. The maximum atomic E-state index is 12.1. The Kier molecular flexibility index (Phi) is 13.4. The first-order chi connectivity index (χ1) is 14.6. The molecule has 0 bridgehead atoms. The van der Waals surface area contributed by atoms with Crippen molar-refractivity contribution in [2.24, 2.45) is 0 Å². The summed E-state index contributed by atoms with van der Waals surface area (Å²) in [6, 6.07) is 8.95. The molecule has 8 heteroatoms. The highest BCUT2D eigenvalue weighted by Crippen LogP contribution is 2.50. The zero-order chi connectivity index (χ0) is 23.6. The van der Waals surface area contributed by atoms with Crippen molar-refractivity contribution in [1.82, 2.24) is 9.34 Å². The van der Waals surface area contributed by atoms with Gasteiger partial charge >= 0.3 is 0 Å². The lowest BCUT2D eigenvalue weighted by Crippen LogP contribution is -2.43. The molecule has 178 valence electrons. The molecule has 0 aliphatic heterocycles. The van der Waals surface area contributed by atoms with E-state index >= 15 is 0 Å². The molecule has 0 heterocycles. The number of hydrogen-bond acceptors (Lipinski definition) is 7. The monoisotopic (exact) mass is 472 g/mol. The number of hydrogen-bond donors (Lipinski definition) is 0. The Morgan fingerprint density at radius 3 is 1.77 bits per heavy atom. The van der Waals surface area contributed by atoms with Crippen molar-refractivity contribution in [3.05, 3.63) is 35.4 Å². The molecule has 31 heavy (non-hydrogen) atoms. The smallest absolute Gasteiger partial charge is 0.221 e. The van der Waals surface area contributed by atoms with Gasteiger partial charge in [-0.1, -0.05) is 41.6 Å². The van der Waals surface area contributed by atoms with Crippen LogP contribution < -0.4 is 0 Å². The minimum Gasteiger partial charge on any atom is -0.344 e. The third-order valence-corrected chi connectivity index (χ3v) is 8.25. The number of thioether (sulfide) groups is 1. The number of ether oxygens (including phenoxy) is 2. The number of rotatable bonds is 14. The van der Waals surface area contributed by atoms with Crippen LogP contribution in [-0.4, -0.2) is 58.1 Å². The zero-order valence-corrected chi connectivity index (χ0v) is 22.3. The summed E-state index contributed by atoms with van der Waals surface area (Å²) >= 11 is 1.13. The summed E-state index contributed by atoms with van der Waals surface area (Å²) in [4.78, 5) is 12.1. The summed E-state index contributed by atoms with van der Waals surface area (Å²) in [6.07, 6.45) is 0. The van der Waals surface area contributed by atoms with Crippen LogP contribution in [0.2, 0.25) is 0 Å². The fraction of sp³-hybridized carbons (Fsp3) is 0.696. The van der Waals surface area contributed by atoms with Gasteiger partial charge in [-0.05, 0) is 62.3 Å². The molecule has 0 unspecified atom stereocenters. The van der Waals surface area contributed by atoms with Crippen molar-refractivity contribution in [2.75, 3.05) is 19.5 Å². The molecular weight excluding hydrogens is 431 g/mol. The van der Waals surface area contributed by atoms with E-state index in [1.165, 1.54) is 0 Å². The van der Waals surface area contributed by atoms with Crippen LogP contribution in [0.1, 0.15) is 71.3 Å². The van der Waals surface area contributed by atoms with Crippen molar-refractivity contribution in [3.8, 4) is 0 Å². The van der Waals surface area contributed by atoms with E-state index in [1.54, 1.807) is 0 Å². The SMILES string of the molecule is Cc1ccc(C(=O)SCOCOCOP(N(C(C)C)C(C)C)N(C(C)C)C(C)C)cc1. The van der Waals surface area contributed by atoms with Crippen LogP contribution in [0.25, 0.3) is 0 Å². The van der Waals surface area contributed by atoms with Crippen LogP contribution in [-0.2, 0) is 14.0 Å². The Morgan fingerprint density at radius 1 is 0.839 bits per heavy atom. The molecule has 0 saturated carbocycles. The summed E-state index contributed by atoms with van der Waals surface area (Å²) in [6.45, 7) is 19.8. The molecule has 0 atom stereocenters. The molecule has 1 aromatic rings. The maximum absolute atomic E-state index is 12.1. The quantitative estimate of drug-likeness (QED) is 0.180. The van der Waals surface area contributed by atoms with E-state index in [9.17, 15) is 4.79 Å². The summed E-state index contributed by atoms with van der Waals surface area (Å²) in [5.74, 6) is 0.246. The van der Waals surface area contributed by atoms with Gasteiger partial charge in [-0.2, -0.15) is 0 Å². The van der Waals surface area contributed by atoms with E-state index in [-0.39, 0.29) is 24.6 Å². The van der Waals surface area contributed by atoms with E-state index in [0.717, 1.165) is 17.3 Å². The molecule has 0 aliphatic carbocycles. The molecule has 0 saturated heterocycles. The van der Waals surface area contributed by atoms with Crippen LogP contribution in [0.3, 0.4) is 0 Å².